The fourth-order valence-corrected chi connectivity index (χ4v) is 3.38. The van der Waals surface area contributed by atoms with E-state index in [-0.39, 0.29) is 10.7 Å². The Labute approximate surface area is 137 Å². The van der Waals surface area contributed by atoms with Gasteiger partial charge in [0.2, 0.25) is 5.91 Å². The fraction of sp³-hybridized carbons (Fsp3) is 0.235. The van der Waals surface area contributed by atoms with Gasteiger partial charge >= 0.3 is 0 Å². The maximum Gasteiger partial charge on any atom is 0.224 e. The van der Waals surface area contributed by atoms with E-state index in [4.69, 9.17) is 11.6 Å². The lowest BCUT2D eigenvalue weighted by Crippen LogP contribution is -2.09. The monoisotopic (exact) mass is 363 g/mol. The second-order valence-electron chi connectivity index (χ2n) is 5.24. The Morgan fingerprint density at radius 1 is 1.10 bits per heavy atom. The molecular formula is C17H15BrClNO. The Morgan fingerprint density at radius 3 is 2.71 bits per heavy atom. The highest BCUT2D eigenvalue weighted by Gasteiger charge is 2.16. The third kappa shape index (κ3) is 3.30. The highest BCUT2D eigenvalue weighted by molar-refractivity contribution is 9.09. The molecule has 108 valence electrons. The zero-order valence-electron chi connectivity index (χ0n) is 11.4. The molecule has 0 aromatic heterocycles. The van der Waals surface area contributed by atoms with Crippen LogP contribution in [0.25, 0.3) is 0 Å². The molecule has 1 unspecified atom stereocenters. The molecule has 4 heteroatoms. The smallest absolute Gasteiger partial charge is 0.224 e. The summed E-state index contributed by atoms with van der Waals surface area (Å²) in [5.74, 6) is 0.103. The lowest BCUT2D eigenvalue weighted by molar-refractivity contribution is -0.116. The number of anilines is 1. The van der Waals surface area contributed by atoms with Gasteiger partial charge < -0.3 is 5.32 Å². The predicted octanol–water partition coefficient (Wildman–Crippen LogP) is 5.10. The molecule has 1 N–H and O–H groups in total. The van der Waals surface area contributed by atoms with Crippen molar-refractivity contribution in [1.29, 1.82) is 0 Å². The second kappa shape index (κ2) is 6.20. The van der Waals surface area contributed by atoms with Crippen LogP contribution in [0.5, 0.6) is 0 Å². The van der Waals surface area contributed by atoms with E-state index in [1.807, 2.05) is 30.3 Å². The summed E-state index contributed by atoms with van der Waals surface area (Å²) in [6.45, 7) is 0. The first-order valence-corrected chi connectivity index (χ1v) is 8.25. The molecule has 1 atom stereocenters. The number of fused-ring (bicyclic) bond motifs is 1. The zero-order chi connectivity index (χ0) is 14.8. The van der Waals surface area contributed by atoms with Crippen molar-refractivity contribution >= 4 is 39.1 Å². The largest absolute Gasteiger partial charge is 0.326 e. The van der Waals surface area contributed by atoms with Crippen LogP contribution in [0.15, 0.2) is 42.5 Å². The Morgan fingerprint density at radius 2 is 1.90 bits per heavy atom. The van der Waals surface area contributed by atoms with Gasteiger partial charge in [-0.2, -0.15) is 0 Å². The Balaban J connectivity index is 1.93. The second-order valence-corrected chi connectivity index (χ2v) is 6.59. The number of nitrogens with one attached hydrogen (secondary N) is 1. The summed E-state index contributed by atoms with van der Waals surface area (Å²) in [5, 5.41) is 3.70. The third-order valence-corrected chi connectivity index (χ3v) is 4.98. The summed E-state index contributed by atoms with van der Waals surface area (Å²) in [7, 11) is 0. The highest BCUT2D eigenvalue weighted by Crippen LogP contribution is 2.34. The highest BCUT2D eigenvalue weighted by atomic mass is 79.9. The molecule has 1 aliphatic rings. The van der Waals surface area contributed by atoms with Gasteiger partial charge in [0.15, 0.2) is 0 Å². The van der Waals surface area contributed by atoms with Crippen molar-refractivity contribution in [3.05, 3.63) is 64.2 Å². The van der Waals surface area contributed by atoms with E-state index >= 15 is 0 Å². The van der Waals surface area contributed by atoms with Crippen LogP contribution in [0, 0.1) is 0 Å². The lowest BCUT2D eigenvalue weighted by atomic mass is 9.99. The van der Waals surface area contributed by atoms with Gasteiger partial charge in [-0.1, -0.05) is 51.8 Å². The van der Waals surface area contributed by atoms with Crippen LogP contribution in [0.1, 0.15) is 34.4 Å². The van der Waals surface area contributed by atoms with E-state index in [0.717, 1.165) is 29.1 Å². The summed E-state index contributed by atoms with van der Waals surface area (Å²) in [4.78, 5) is 11.7. The summed E-state index contributed by atoms with van der Waals surface area (Å²) in [6.07, 6.45) is 2.42. The number of amides is 1. The van der Waals surface area contributed by atoms with Crippen molar-refractivity contribution in [3.8, 4) is 0 Å². The zero-order valence-corrected chi connectivity index (χ0v) is 13.7. The van der Waals surface area contributed by atoms with E-state index in [2.05, 4.69) is 33.4 Å². The van der Waals surface area contributed by atoms with Gasteiger partial charge in [0.05, 0.1) is 4.83 Å². The molecule has 1 aliphatic heterocycles. The summed E-state index contributed by atoms with van der Waals surface area (Å²) in [5.41, 5.74) is 4.43. The first-order chi connectivity index (χ1) is 10.1. The van der Waals surface area contributed by atoms with E-state index in [0.29, 0.717) is 6.42 Å². The van der Waals surface area contributed by atoms with Crippen molar-refractivity contribution in [2.24, 2.45) is 0 Å². The molecule has 0 bridgehead atoms. The number of carbonyl (C=O) groups excluding carboxylic acids is 1. The predicted molar refractivity (Wildman–Crippen MR) is 90.2 cm³/mol. The Kier molecular flexibility index (Phi) is 4.32. The molecule has 0 saturated carbocycles. The van der Waals surface area contributed by atoms with Crippen LogP contribution in [0.4, 0.5) is 5.69 Å². The standard InChI is InChI=1S/C17H15BrClNO/c18-17(12-4-1-5-14(19)10-12)13-7-8-15-11(9-13)3-2-6-16(21)20-15/h1,4-5,7-10,17H,2-3,6H2,(H,20,21). The minimum Gasteiger partial charge on any atom is -0.326 e. The maximum atomic E-state index is 11.6. The average molecular weight is 365 g/mol. The maximum absolute atomic E-state index is 11.6. The number of hydrogen-bond acceptors (Lipinski definition) is 1. The molecule has 3 rings (SSSR count). The van der Waals surface area contributed by atoms with E-state index in [1.54, 1.807) is 0 Å². The van der Waals surface area contributed by atoms with E-state index < -0.39 is 0 Å². The molecule has 1 heterocycles. The molecule has 0 radical (unpaired) electrons. The third-order valence-electron chi connectivity index (χ3n) is 3.69. The van der Waals surface area contributed by atoms with Gasteiger partial charge in [-0.05, 0) is 47.7 Å². The number of alkyl halides is 1. The Bertz CT molecular complexity index is 686. The molecule has 2 aromatic rings. The number of rotatable bonds is 2. The Hall–Kier alpha value is -1.32. The van der Waals surface area contributed by atoms with E-state index in [1.165, 1.54) is 11.1 Å². The molecular weight excluding hydrogens is 350 g/mol. The van der Waals surface area contributed by atoms with Crippen molar-refractivity contribution < 1.29 is 4.79 Å². The lowest BCUT2D eigenvalue weighted by Gasteiger charge is -2.14. The van der Waals surface area contributed by atoms with Crippen LogP contribution in [-0.2, 0) is 11.2 Å². The van der Waals surface area contributed by atoms with Crippen molar-refractivity contribution in [3.63, 3.8) is 0 Å². The number of halogens is 2. The number of hydrogen-bond donors (Lipinski definition) is 1. The normalized spacial score (nSPS) is 15.8. The summed E-state index contributed by atoms with van der Waals surface area (Å²) < 4.78 is 0. The minimum atomic E-state index is 0.0976. The van der Waals surface area contributed by atoms with E-state index in [9.17, 15) is 4.79 Å². The molecule has 0 aliphatic carbocycles. The quantitative estimate of drug-likeness (QED) is 0.738. The molecule has 0 spiro atoms. The first-order valence-electron chi connectivity index (χ1n) is 6.96. The molecule has 0 fully saturated rings. The molecule has 2 aromatic carbocycles. The van der Waals surface area contributed by atoms with Gasteiger partial charge in [-0.3, -0.25) is 4.79 Å². The number of aryl methyl sites for hydroxylation is 1. The number of benzene rings is 2. The van der Waals surface area contributed by atoms with Crippen LogP contribution in [0.3, 0.4) is 0 Å². The van der Waals surface area contributed by atoms with Gasteiger partial charge in [0.25, 0.3) is 0 Å². The van der Waals surface area contributed by atoms with Crippen LogP contribution < -0.4 is 5.32 Å². The fourth-order valence-electron chi connectivity index (χ4n) is 2.61. The van der Waals surface area contributed by atoms with Gasteiger partial charge in [-0.25, -0.2) is 0 Å². The van der Waals surface area contributed by atoms with Crippen molar-refractivity contribution in [2.75, 3.05) is 5.32 Å². The van der Waals surface area contributed by atoms with Gasteiger partial charge in [0, 0.05) is 17.1 Å². The van der Waals surface area contributed by atoms with Crippen LogP contribution in [0.2, 0.25) is 5.02 Å². The van der Waals surface area contributed by atoms with Crippen molar-refractivity contribution in [1.82, 2.24) is 0 Å². The van der Waals surface area contributed by atoms with Crippen LogP contribution >= 0.6 is 27.5 Å². The number of carbonyl (C=O) groups is 1. The van der Waals surface area contributed by atoms with Crippen LogP contribution in [-0.4, -0.2) is 5.91 Å². The first kappa shape index (κ1) is 14.6. The summed E-state index contributed by atoms with van der Waals surface area (Å²) in [6, 6.07) is 14.1. The molecule has 1 amide bonds. The van der Waals surface area contributed by atoms with Crippen molar-refractivity contribution in [2.45, 2.75) is 24.1 Å². The topological polar surface area (TPSA) is 29.1 Å². The average Bonchev–Trinajstić information content (AvgIpc) is 2.66. The van der Waals surface area contributed by atoms with Gasteiger partial charge in [-0.15, -0.1) is 0 Å². The van der Waals surface area contributed by atoms with Gasteiger partial charge in [0.1, 0.15) is 0 Å². The molecule has 0 saturated heterocycles. The summed E-state index contributed by atoms with van der Waals surface area (Å²) >= 11 is 9.80. The molecule has 21 heavy (non-hydrogen) atoms. The minimum absolute atomic E-state index is 0.0976. The molecule has 2 nitrogen and oxygen atoms in total. The SMILES string of the molecule is O=C1CCCc2cc(C(Br)c3cccc(Cl)c3)ccc2N1.